The van der Waals surface area contributed by atoms with Crippen molar-refractivity contribution in [1.82, 2.24) is 19.5 Å². The number of hydrogen-bond donors (Lipinski definition) is 2. The molecule has 1 aromatic carbocycles. The van der Waals surface area contributed by atoms with Gasteiger partial charge in [-0.1, -0.05) is 17.7 Å². The van der Waals surface area contributed by atoms with Gasteiger partial charge < -0.3 is 15.5 Å². The molecular weight excluding hydrogens is 450 g/mol. The van der Waals surface area contributed by atoms with Crippen LogP contribution in [0.25, 0.3) is 0 Å². The molecule has 0 atom stereocenters. The molecule has 0 saturated carbocycles. The molecular formula is C22H30ClN5O3S. The summed E-state index contributed by atoms with van der Waals surface area (Å²) in [5.41, 5.74) is 2.42. The number of pyridine rings is 1. The number of piperidine rings is 1. The molecule has 1 fully saturated rings. The Morgan fingerprint density at radius 1 is 1.19 bits per heavy atom. The van der Waals surface area contributed by atoms with Gasteiger partial charge in [-0.15, -0.1) is 0 Å². The van der Waals surface area contributed by atoms with Crippen molar-refractivity contribution in [3.05, 3.63) is 52.8 Å². The van der Waals surface area contributed by atoms with E-state index in [2.05, 4.69) is 20.5 Å². The van der Waals surface area contributed by atoms with Crippen LogP contribution in [0, 0.1) is 13.8 Å². The average Bonchev–Trinajstić information content (AvgIpc) is 2.73. The van der Waals surface area contributed by atoms with Gasteiger partial charge in [0.1, 0.15) is 0 Å². The number of urea groups is 1. The quantitative estimate of drug-likeness (QED) is 0.635. The van der Waals surface area contributed by atoms with Crippen molar-refractivity contribution in [3.8, 4) is 0 Å². The van der Waals surface area contributed by atoms with Crippen LogP contribution in [0.2, 0.25) is 5.02 Å². The van der Waals surface area contributed by atoms with Crippen molar-refractivity contribution in [3.63, 3.8) is 0 Å². The van der Waals surface area contributed by atoms with Crippen molar-refractivity contribution in [2.45, 2.75) is 37.6 Å². The highest BCUT2D eigenvalue weighted by molar-refractivity contribution is 7.89. The van der Waals surface area contributed by atoms with Crippen molar-refractivity contribution in [2.24, 2.45) is 0 Å². The van der Waals surface area contributed by atoms with Crippen molar-refractivity contribution in [2.75, 3.05) is 38.5 Å². The third-order valence-corrected chi connectivity index (χ3v) is 7.74. The number of halogens is 1. The Kier molecular flexibility index (Phi) is 8.10. The fourth-order valence-corrected chi connectivity index (χ4v) is 5.62. The number of nitrogens with zero attached hydrogens (tertiary/aromatic N) is 3. The van der Waals surface area contributed by atoms with Crippen molar-refractivity contribution >= 4 is 33.3 Å². The molecule has 2 N–H and O–H groups in total. The summed E-state index contributed by atoms with van der Waals surface area (Å²) in [6, 6.07) is 9.68. The second-order valence-corrected chi connectivity index (χ2v) is 10.5. The van der Waals surface area contributed by atoms with E-state index in [4.69, 9.17) is 11.6 Å². The van der Waals surface area contributed by atoms with Gasteiger partial charge in [-0.2, -0.15) is 4.31 Å². The maximum Gasteiger partial charge on any atom is 0.319 e. The molecule has 1 saturated heterocycles. The van der Waals surface area contributed by atoms with Gasteiger partial charge in [0, 0.05) is 48.3 Å². The van der Waals surface area contributed by atoms with E-state index < -0.39 is 10.0 Å². The van der Waals surface area contributed by atoms with Gasteiger partial charge in [-0.05, 0) is 70.1 Å². The number of hydrogen-bond acceptors (Lipinski definition) is 5. The van der Waals surface area contributed by atoms with E-state index in [0.717, 1.165) is 43.0 Å². The van der Waals surface area contributed by atoms with E-state index in [1.54, 1.807) is 25.2 Å². The fourth-order valence-electron chi connectivity index (χ4n) is 3.91. The van der Waals surface area contributed by atoms with E-state index >= 15 is 0 Å². The molecule has 0 unspecified atom stereocenters. The SMILES string of the molecule is Cc1cc(NC(=O)NCCN2CCC(N(C)S(=O)(=O)c3cccc(Cl)c3)CC2)cc(C)n1. The smallest absolute Gasteiger partial charge is 0.319 e. The number of rotatable bonds is 7. The topological polar surface area (TPSA) is 94.6 Å². The lowest BCUT2D eigenvalue weighted by molar-refractivity contribution is 0.170. The highest BCUT2D eigenvalue weighted by atomic mass is 35.5. The first-order chi connectivity index (χ1) is 15.1. The van der Waals surface area contributed by atoms with E-state index in [1.807, 2.05) is 26.0 Å². The summed E-state index contributed by atoms with van der Waals surface area (Å²) in [6.07, 6.45) is 1.47. The lowest BCUT2D eigenvalue weighted by atomic mass is 10.1. The van der Waals surface area contributed by atoms with E-state index in [-0.39, 0.29) is 17.0 Å². The molecule has 2 amide bonds. The van der Waals surface area contributed by atoms with Gasteiger partial charge in [0.05, 0.1) is 4.90 Å². The van der Waals surface area contributed by atoms with E-state index in [0.29, 0.717) is 18.1 Å². The first kappa shape index (κ1) is 24.4. The molecule has 174 valence electrons. The minimum absolute atomic E-state index is 0.0651. The highest BCUT2D eigenvalue weighted by Crippen LogP contribution is 2.24. The number of aromatic nitrogens is 1. The molecule has 1 aliphatic heterocycles. The zero-order valence-electron chi connectivity index (χ0n) is 18.6. The lowest BCUT2D eigenvalue weighted by Gasteiger charge is -2.36. The number of carbonyl (C=O) groups is 1. The Morgan fingerprint density at radius 3 is 2.47 bits per heavy atom. The normalized spacial score (nSPS) is 15.7. The van der Waals surface area contributed by atoms with Crippen LogP contribution in [0.15, 0.2) is 41.3 Å². The minimum atomic E-state index is -3.58. The van der Waals surface area contributed by atoms with Crippen LogP contribution in [0.4, 0.5) is 10.5 Å². The molecule has 32 heavy (non-hydrogen) atoms. The van der Waals surface area contributed by atoms with Crippen LogP contribution >= 0.6 is 11.6 Å². The summed E-state index contributed by atoms with van der Waals surface area (Å²) in [7, 11) is -1.95. The van der Waals surface area contributed by atoms with Gasteiger partial charge in [0.15, 0.2) is 0 Å². The number of carbonyl (C=O) groups excluding carboxylic acids is 1. The number of likely N-dealkylation sites (tertiary alicyclic amines) is 1. The number of sulfonamides is 1. The molecule has 0 spiro atoms. The van der Waals surface area contributed by atoms with Crippen molar-refractivity contribution in [1.29, 1.82) is 0 Å². The van der Waals surface area contributed by atoms with E-state index in [9.17, 15) is 13.2 Å². The van der Waals surface area contributed by atoms with Gasteiger partial charge in [0.25, 0.3) is 0 Å². The summed E-state index contributed by atoms with van der Waals surface area (Å²) < 4.78 is 27.3. The van der Waals surface area contributed by atoms with Gasteiger partial charge in [0.2, 0.25) is 10.0 Å². The molecule has 2 heterocycles. The van der Waals surface area contributed by atoms with Crippen molar-refractivity contribution < 1.29 is 13.2 Å². The third kappa shape index (κ3) is 6.41. The monoisotopic (exact) mass is 479 g/mol. The molecule has 2 aromatic rings. The Hall–Kier alpha value is -2.20. The maximum absolute atomic E-state index is 12.9. The molecule has 8 nitrogen and oxygen atoms in total. The second kappa shape index (κ2) is 10.6. The maximum atomic E-state index is 12.9. The molecule has 1 aromatic heterocycles. The summed E-state index contributed by atoms with van der Waals surface area (Å²) in [5.74, 6) is 0. The lowest BCUT2D eigenvalue weighted by Crippen LogP contribution is -2.47. The van der Waals surface area contributed by atoms with Crippen LogP contribution < -0.4 is 10.6 Å². The molecule has 0 bridgehead atoms. The second-order valence-electron chi connectivity index (χ2n) is 8.07. The summed E-state index contributed by atoms with van der Waals surface area (Å²) >= 11 is 5.96. The Labute approximate surface area is 195 Å². The summed E-state index contributed by atoms with van der Waals surface area (Å²) in [6.45, 7) is 6.53. The fraction of sp³-hybridized carbons (Fsp3) is 0.455. The predicted octanol–water partition coefficient (Wildman–Crippen LogP) is 3.26. The van der Waals surface area contributed by atoms with Gasteiger partial charge >= 0.3 is 6.03 Å². The third-order valence-electron chi connectivity index (χ3n) is 5.60. The summed E-state index contributed by atoms with van der Waals surface area (Å²) in [4.78, 5) is 18.9. The molecule has 1 aliphatic rings. The zero-order chi connectivity index (χ0) is 23.3. The van der Waals surface area contributed by atoms with Crippen LogP contribution in [-0.2, 0) is 10.0 Å². The molecule has 0 aliphatic carbocycles. The summed E-state index contributed by atoms with van der Waals surface area (Å²) in [5, 5.41) is 6.10. The largest absolute Gasteiger partial charge is 0.337 e. The predicted molar refractivity (Wildman–Crippen MR) is 127 cm³/mol. The number of amides is 2. The van der Waals surface area contributed by atoms with Gasteiger partial charge in [-0.3, -0.25) is 4.98 Å². The standard InChI is InChI=1S/C22H30ClN5O3S/c1-16-13-19(14-17(2)25-16)26-22(29)24-9-12-28-10-7-20(8-11-28)27(3)32(30,31)21-6-4-5-18(23)15-21/h4-6,13-15,20H,7-12H2,1-3H3,(H2,24,25,26,29). The number of anilines is 1. The number of nitrogens with one attached hydrogen (secondary N) is 2. The zero-order valence-corrected chi connectivity index (χ0v) is 20.2. The number of benzene rings is 1. The Morgan fingerprint density at radius 2 is 1.84 bits per heavy atom. The average molecular weight is 480 g/mol. The Bertz CT molecular complexity index is 1040. The van der Waals surface area contributed by atoms with Crippen LogP contribution in [0.5, 0.6) is 0 Å². The van der Waals surface area contributed by atoms with Gasteiger partial charge in [-0.25, -0.2) is 13.2 Å². The first-order valence-electron chi connectivity index (χ1n) is 10.6. The number of aryl methyl sites for hydroxylation is 2. The molecule has 10 heteroatoms. The van der Waals surface area contributed by atoms with E-state index in [1.165, 1.54) is 10.4 Å². The minimum Gasteiger partial charge on any atom is -0.337 e. The molecule has 3 rings (SSSR count). The van der Waals surface area contributed by atoms with Crippen LogP contribution in [0.3, 0.4) is 0 Å². The van der Waals surface area contributed by atoms with Crippen LogP contribution in [0.1, 0.15) is 24.2 Å². The molecule has 0 radical (unpaired) electrons. The highest BCUT2D eigenvalue weighted by Gasteiger charge is 2.30. The van der Waals surface area contributed by atoms with Crippen LogP contribution in [-0.4, -0.2) is 67.9 Å². The first-order valence-corrected chi connectivity index (χ1v) is 12.4. The Balaban J connectivity index is 1.43.